The van der Waals surface area contributed by atoms with Crippen molar-refractivity contribution in [2.75, 3.05) is 13.1 Å². The average Bonchev–Trinajstić information content (AvgIpc) is 2.64. The molecule has 0 bridgehead atoms. The van der Waals surface area contributed by atoms with E-state index in [0.29, 0.717) is 11.8 Å². The maximum atomic E-state index is 5.66. The lowest BCUT2D eigenvalue weighted by Gasteiger charge is -2.18. The molecule has 4 nitrogen and oxygen atoms in total. The minimum atomic E-state index is 0.526. The Balaban J connectivity index is 2.20. The summed E-state index contributed by atoms with van der Waals surface area (Å²) >= 11 is 0. The van der Waals surface area contributed by atoms with Crippen LogP contribution in [0.15, 0.2) is 16.8 Å². The van der Waals surface area contributed by atoms with Gasteiger partial charge in [-0.25, -0.2) is 0 Å². The number of hydrogen-bond acceptors (Lipinski definition) is 4. The molecule has 1 rings (SSSR count). The molecule has 0 saturated heterocycles. The molecule has 14 heavy (non-hydrogen) atoms. The van der Waals surface area contributed by atoms with Crippen LogP contribution in [0.3, 0.4) is 0 Å². The highest BCUT2D eigenvalue weighted by molar-refractivity contribution is 4.91. The van der Waals surface area contributed by atoms with Gasteiger partial charge in [-0.05, 0) is 24.9 Å². The lowest BCUT2D eigenvalue weighted by molar-refractivity contribution is 0.341. The standard InChI is InChI=1S/C10H19N3O/c1-8(2)9(5-11)6-12-7-10-3-4-13-14-10/h3-4,8-9,12H,5-7,11H2,1-2H3. The molecule has 0 aliphatic heterocycles. The lowest BCUT2D eigenvalue weighted by atomic mass is 9.96. The maximum Gasteiger partial charge on any atom is 0.150 e. The normalized spacial score (nSPS) is 13.4. The number of aromatic nitrogens is 1. The summed E-state index contributed by atoms with van der Waals surface area (Å²) in [5.41, 5.74) is 5.66. The highest BCUT2D eigenvalue weighted by Gasteiger charge is 2.10. The van der Waals surface area contributed by atoms with Gasteiger partial charge in [0, 0.05) is 6.07 Å². The van der Waals surface area contributed by atoms with Gasteiger partial charge >= 0.3 is 0 Å². The van der Waals surface area contributed by atoms with Crippen molar-refractivity contribution >= 4 is 0 Å². The summed E-state index contributed by atoms with van der Waals surface area (Å²) in [6.07, 6.45) is 1.65. The minimum Gasteiger partial charge on any atom is -0.360 e. The van der Waals surface area contributed by atoms with Crippen LogP contribution in [0.25, 0.3) is 0 Å². The summed E-state index contributed by atoms with van der Waals surface area (Å²) in [7, 11) is 0. The van der Waals surface area contributed by atoms with Crippen molar-refractivity contribution in [1.82, 2.24) is 10.5 Å². The van der Waals surface area contributed by atoms with E-state index in [1.165, 1.54) is 0 Å². The zero-order valence-electron chi connectivity index (χ0n) is 8.86. The van der Waals surface area contributed by atoms with Crippen LogP contribution >= 0.6 is 0 Å². The highest BCUT2D eigenvalue weighted by Crippen LogP contribution is 2.07. The Morgan fingerprint density at radius 2 is 2.36 bits per heavy atom. The van der Waals surface area contributed by atoms with Crippen LogP contribution in [0, 0.1) is 11.8 Å². The van der Waals surface area contributed by atoms with E-state index in [4.69, 9.17) is 10.3 Å². The van der Waals surface area contributed by atoms with Crippen LogP contribution < -0.4 is 11.1 Å². The fourth-order valence-corrected chi connectivity index (χ4v) is 1.31. The van der Waals surface area contributed by atoms with Gasteiger partial charge in [0.2, 0.25) is 0 Å². The minimum absolute atomic E-state index is 0.526. The zero-order chi connectivity index (χ0) is 10.4. The number of nitrogens with one attached hydrogen (secondary N) is 1. The third kappa shape index (κ3) is 3.47. The van der Waals surface area contributed by atoms with E-state index in [1.807, 2.05) is 6.07 Å². The van der Waals surface area contributed by atoms with Gasteiger partial charge in [-0.3, -0.25) is 0 Å². The topological polar surface area (TPSA) is 64.1 Å². The number of nitrogens with two attached hydrogens (primary N) is 1. The molecular weight excluding hydrogens is 178 g/mol. The fourth-order valence-electron chi connectivity index (χ4n) is 1.31. The predicted molar refractivity (Wildman–Crippen MR) is 55.6 cm³/mol. The van der Waals surface area contributed by atoms with Crippen LogP contribution in [-0.2, 0) is 6.54 Å². The van der Waals surface area contributed by atoms with Gasteiger partial charge in [-0.15, -0.1) is 0 Å². The van der Waals surface area contributed by atoms with Crippen molar-refractivity contribution in [2.24, 2.45) is 17.6 Å². The monoisotopic (exact) mass is 197 g/mol. The van der Waals surface area contributed by atoms with Crippen molar-refractivity contribution in [3.05, 3.63) is 18.0 Å². The van der Waals surface area contributed by atoms with Crippen LogP contribution in [0.1, 0.15) is 19.6 Å². The summed E-state index contributed by atoms with van der Waals surface area (Å²) < 4.78 is 4.97. The van der Waals surface area contributed by atoms with E-state index in [1.54, 1.807) is 6.20 Å². The summed E-state index contributed by atoms with van der Waals surface area (Å²) in [6, 6.07) is 1.86. The SMILES string of the molecule is CC(C)C(CN)CNCc1ccno1. The Morgan fingerprint density at radius 1 is 1.57 bits per heavy atom. The Hall–Kier alpha value is -0.870. The van der Waals surface area contributed by atoms with E-state index in [2.05, 4.69) is 24.3 Å². The van der Waals surface area contributed by atoms with Crippen molar-refractivity contribution < 1.29 is 4.52 Å². The largest absolute Gasteiger partial charge is 0.360 e. The predicted octanol–water partition coefficient (Wildman–Crippen LogP) is 0.995. The molecule has 3 N–H and O–H groups in total. The van der Waals surface area contributed by atoms with Crippen molar-refractivity contribution in [3.8, 4) is 0 Å². The van der Waals surface area contributed by atoms with Gasteiger partial charge in [0.05, 0.1) is 12.7 Å². The maximum absolute atomic E-state index is 5.66. The van der Waals surface area contributed by atoms with E-state index in [-0.39, 0.29) is 0 Å². The van der Waals surface area contributed by atoms with Gasteiger partial charge in [0.15, 0.2) is 0 Å². The Labute approximate surface area is 84.8 Å². The van der Waals surface area contributed by atoms with E-state index in [0.717, 1.165) is 25.4 Å². The van der Waals surface area contributed by atoms with Gasteiger partial charge in [-0.1, -0.05) is 19.0 Å². The van der Waals surface area contributed by atoms with Crippen LogP contribution in [0.4, 0.5) is 0 Å². The summed E-state index contributed by atoms with van der Waals surface area (Å²) in [5.74, 6) is 2.00. The summed E-state index contributed by atoms with van der Waals surface area (Å²) in [5, 5.41) is 6.94. The summed E-state index contributed by atoms with van der Waals surface area (Å²) in [4.78, 5) is 0. The fraction of sp³-hybridized carbons (Fsp3) is 0.700. The lowest BCUT2D eigenvalue weighted by Crippen LogP contribution is -2.31. The third-order valence-corrected chi connectivity index (χ3v) is 2.44. The molecule has 0 saturated carbocycles. The number of hydrogen-bond donors (Lipinski definition) is 2. The van der Waals surface area contributed by atoms with Crippen LogP contribution in [-0.4, -0.2) is 18.2 Å². The molecule has 0 aliphatic rings. The van der Waals surface area contributed by atoms with Crippen molar-refractivity contribution in [2.45, 2.75) is 20.4 Å². The van der Waals surface area contributed by atoms with Crippen LogP contribution in [0.2, 0.25) is 0 Å². The Morgan fingerprint density at radius 3 is 2.86 bits per heavy atom. The Kier molecular flexibility index (Phi) is 4.62. The van der Waals surface area contributed by atoms with Gasteiger partial charge in [0.25, 0.3) is 0 Å². The number of nitrogens with zero attached hydrogens (tertiary/aromatic N) is 1. The third-order valence-electron chi connectivity index (χ3n) is 2.44. The first kappa shape index (κ1) is 11.2. The zero-order valence-corrected chi connectivity index (χ0v) is 8.86. The molecule has 1 atom stereocenters. The second-order valence-electron chi connectivity index (χ2n) is 3.85. The second-order valence-corrected chi connectivity index (χ2v) is 3.85. The molecule has 0 aliphatic carbocycles. The molecule has 0 radical (unpaired) electrons. The molecule has 4 heteroatoms. The highest BCUT2D eigenvalue weighted by atomic mass is 16.5. The van der Waals surface area contributed by atoms with Crippen molar-refractivity contribution in [1.29, 1.82) is 0 Å². The first-order valence-corrected chi connectivity index (χ1v) is 5.04. The molecular formula is C10H19N3O. The molecule has 0 amide bonds. The second kappa shape index (κ2) is 5.78. The van der Waals surface area contributed by atoms with Crippen LogP contribution in [0.5, 0.6) is 0 Å². The number of rotatable bonds is 6. The molecule has 0 aromatic carbocycles. The van der Waals surface area contributed by atoms with Crippen molar-refractivity contribution in [3.63, 3.8) is 0 Å². The van der Waals surface area contributed by atoms with E-state index < -0.39 is 0 Å². The summed E-state index contributed by atoms with van der Waals surface area (Å²) in [6.45, 7) is 6.75. The first-order chi connectivity index (χ1) is 6.74. The molecule has 1 aromatic rings. The molecule has 1 aromatic heterocycles. The van der Waals surface area contributed by atoms with E-state index in [9.17, 15) is 0 Å². The molecule has 80 valence electrons. The Bertz CT molecular complexity index is 234. The molecule has 0 spiro atoms. The quantitative estimate of drug-likeness (QED) is 0.714. The van der Waals surface area contributed by atoms with E-state index >= 15 is 0 Å². The van der Waals surface area contributed by atoms with Gasteiger partial charge in [0.1, 0.15) is 5.76 Å². The molecule has 1 unspecified atom stereocenters. The smallest absolute Gasteiger partial charge is 0.150 e. The molecule has 0 fully saturated rings. The van der Waals surface area contributed by atoms with Gasteiger partial charge < -0.3 is 15.6 Å². The molecule has 1 heterocycles. The average molecular weight is 197 g/mol. The van der Waals surface area contributed by atoms with Gasteiger partial charge in [-0.2, -0.15) is 0 Å². The first-order valence-electron chi connectivity index (χ1n) is 5.04.